The number of nitrogens with zero attached hydrogens (tertiary/aromatic N) is 3. The third-order valence-corrected chi connectivity index (χ3v) is 8.19. The zero-order valence-electron chi connectivity index (χ0n) is 24.4. The first-order valence-electron chi connectivity index (χ1n) is 14.5. The van der Waals surface area contributed by atoms with E-state index in [1.54, 1.807) is 17.5 Å². The summed E-state index contributed by atoms with van der Waals surface area (Å²) in [5, 5.41) is 19.3. The van der Waals surface area contributed by atoms with Crippen LogP contribution in [0.3, 0.4) is 0 Å². The number of carbonyl (C=O) groups is 2. The Morgan fingerprint density at radius 1 is 1.18 bits per heavy atom. The number of aromatic nitrogens is 3. The van der Waals surface area contributed by atoms with Gasteiger partial charge in [-0.05, 0) is 75.1 Å². The quantitative estimate of drug-likeness (QED) is 0.222. The number of aliphatic hydroxyl groups is 1. The van der Waals surface area contributed by atoms with Crippen LogP contribution in [0.2, 0.25) is 0 Å². The summed E-state index contributed by atoms with van der Waals surface area (Å²) in [6.07, 6.45) is 1.91. The van der Waals surface area contributed by atoms with Crippen molar-refractivity contribution in [3.8, 4) is 22.9 Å². The lowest BCUT2D eigenvalue weighted by Crippen LogP contribution is -2.49. The Bertz CT molecular complexity index is 1750. The minimum Gasteiger partial charge on any atom is -0.491 e. The van der Waals surface area contributed by atoms with Crippen molar-refractivity contribution in [2.45, 2.75) is 56.2 Å². The number of hydrogen-bond donors (Lipinski definition) is 3. The van der Waals surface area contributed by atoms with Gasteiger partial charge in [0, 0.05) is 28.7 Å². The van der Waals surface area contributed by atoms with Gasteiger partial charge in [0.2, 0.25) is 11.8 Å². The zero-order valence-corrected chi connectivity index (χ0v) is 24.4. The number of benzene rings is 1. The first-order valence-corrected chi connectivity index (χ1v) is 14.5. The van der Waals surface area contributed by atoms with Gasteiger partial charge in [-0.2, -0.15) is 5.10 Å². The Kier molecular flexibility index (Phi) is 7.48. The van der Waals surface area contributed by atoms with E-state index >= 15 is 4.39 Å². The van der Waals surface area contributed by atoms with Crippen LogP contribution in [0.4, 0.5) is 8.78 Å². The fraction of sp³-hybridized carbons (Fsp3) is 0.375. The first kappa shape index (κ1) is 29.5. The number of hydrogen-bond acceptors (Lipinski definition) is 7. The number of primary amides is 1. The standard InChI is InChI=1S/C32H33F2N5O5/c1-3-44-29-20(14-26(35)40)13-25(37-28(29)19-6-8-22(33)9-7-19)32(42,31(34)10-11-31)17-36-30(41)21-12-23-16-24(18-4-5-18)38-39(23)27(15-21)43-2/h6-9,12-13,15-16,18,42H,3-5,10-11,14,17H2,1-2H3,(H2,35,40)(H,36,41)/t32-/m0/s1. The molecule has 2 fully saturated rings. The molecule has 2 amide bonds. The molecule has 10 nitrogen and oxygen atoms in total. The maximum absolute atomic E-state index is 16.1. The van der Waals surface area contributed by atoms with Crippen molar-refractivity contribution in [1.82, 2.24) is 19.9 Å². The van der Waals surface area contributed by atoms with Gasteiger partial charge in [0.05, 0.1) is 43.6 Å². The van der Waals surface area contributed by atoms with Crippen molar-refractivity contribution in [2.75, 3.05) is 20.3 Å². The van der Waals surface area contributed by atoms with E-state index in [1.165, 1.54) is 43.5 Å². The molecular formula is C32H33F2N5O5. The number of amides is 2. The lowest BCUT2D eigenvalue weighted by molar-refractivity contribution is -0.117. The van der Waals surface area contributed by atoms with E-state index in [0.717, 1.165) is 18.5 Å². The van der Waals surface area contributed by atoms with E-state index in [4.69, 9.17) is 15.2 Å². The van der Waals surface area contributed by atoms with Gasteiger partial charge in [-0.1, -0.05) is 0 Å². The molecule has 0 aliphatic heterocycles. The minimum absolute atomic E-state index is 0.0326. The average Bonchev–Trinajstić information content (AvgIpc) is 3.94. The first-order chi connectivity index (χ1) is 21.0. The summed E-state index contributed by atoms with van der Waals surface area (Å²) in [7, 11) is 1.48. The number of rotatable bonds is 12. The van der Waals surface area contributed by atoms with Crippen LogP contribution in [0.5, 0.6) is 11.6 Å². The maximum Gasteiger partial charge on any atom is 0.251 e. The molecule has 12 heteroatoms. The number of methoxy groups -OCH3 is 1. The van der Waals surface area contributed by atoms with Gasteiger partial charge < -0.3 is 25.6 Å². The fourth-order valence-electron chi connectivity index (χ4n) is 5.48. The summed E-state index contributed by atoms with van der Waals surface area (Å²) in [6.45, 7) is 1.43. The van der Waals surface area contributed by atoms with Gasteiger partial charge >= 0.3 is 0 Å². The van der Waals surface area contributed by atoms with Crippen LogP contribution >= 0.6 is 0 Å². The lowest BCUT2D eigenvalue weighted by atomic mass is 9.88. The lowest BCUT2D eigenvalue weighted by Gasteiger charge is -2.32. The zero-order chi connectivity index (χ0) is 31.2. The minimum atomic E-state index is -2.28. The molecule has 0 radical (unpaired) electrons. The van der Waals surface area contributed by atoms with Crippen molar-refractivity contribution in [2.24, 2.45) is 5.73 Å². The Morgan fingerprint density at radius 3 is 2.52 bits per heavy atom. The molecule has 4 N–H and O–H groups in total. The summed E-state index contributed by atoms with van der Waals surface area (Å²) < 4.78 is 42.8. The van der Waals surface area contributed by atoms with Gasteiger partial charge in [-0.25, -0.2) is 18.3 Å². The molecule has 1 atom stereocenters. The van der Waals surface area contributed by atoms with Crippen LogP contribution in [-0.2, 0) is 16.8 Å². The highest BCUT2D eigenvalue weighted by Crippen LogP contribution is 2.53. The summed E-state index contributed by atoms with van der Waals surface area (Å²) in [5.74, 6) is -0.762. The molecule has 4 aromatic rings. The normalized spacial score (nSPS) is 16.8. The van der Waals surface area contributed by atoms with E-state index in [-0.39, 0.29) is 54.1 Å². The Morgan fingerprint density at radius 2 is 1.91 bits per heavy atom. The van der Waals surface area contributed by atoms with Crippen molar-refractivity contribution < 1.29 is 33.0 Å². The molecule has 3 heterocycles. The van der Waals surface area contributed by atoms with Crippen LogP contribution < -0.4 is 20.5 Å². The topological polar surface area (TPSA) is 141 Å². The third kappa shape index (κ3) is 5.45. The second kappa shape index (κ2) is 11.2. The fourth-order valence-corrected chi connectivity index (χ4v) is 5.48. The van der Waals surface area contributed by atoms with E-state index in [0.29, 0.717) is 22.9 Å². The summed E-state index contributed by atoms with van der Waals surface area (Å²) in [4.78, 5) is 30.1. The number of carbonyl (C=O) groups excluding carboxylic acids is 2. The van der Waals surface area contributed by atoms with Crippen molar-refractivity contribution in [3.63, 3.8) is 0 Å². The highest BCUT2D eigenvalue weighted by molar-refractivity contribution is 5.95. The third-order valence-electron chi connectivity index (χ3n) is 8.19. The van der Waals surface area contributed by atoms with E-state index in [2.05, 4.69) is 15.4 Å². The van der Waals surface area contributed by atoms with Crippen LogP contribution in [-0.4, -0.2) is 57.4 Å². The maximum atomic E-state index is 16.1. The highest BCUT2D eigenvalue weighted by Gasteiger charge is 2.62. The van der Waals surface area contributed by atoms with Gasteiger partial charge in [-0.3, -0.25) is 9.59 Å². The monoisotopic (exact) mass is 605 g/mol. The van der Waals surface area contributed by atoms with E-state index in [9.17, 15) is 19.1 Å². The molecule has 44 heavy (non-hydrogen) atoms. The summed E-state index contributed by atoms with van der Waals surface area (Å²) in [5.41, 5.74) is 3.74. The largest absolute Gasteiger partial charge is 0.491 e. The molecule has 1 aromatic carbocycles. The number of halogens is 2. The predicted molar refractivity (Wildman–Crippen MR) is 157 cm³/mol. The molecule has 2 aliphatic carbocycles. The Hall–Kier alpha value is -4.58. The molecule has 230 valence electrons. The number of pyridine rings is 2. The van der Waals surface area contributed by atoms with Crippen LogP contribution in [0.1, 0.15) is 65.8 Å². The number of fused-ring (bicyclic) bond motifs is 1. The summed E-state index contributed by atoms with van der Waals surface area (Å²) >= 11 is 0. The second-order valence-electron chi connectivity index (χ2n) is 11.4. The van der Waals surface area contributed by atoms with E-state index < -0.39 is 35.4 Å². The van der Waals surface area contributed by atoms with Gasteiger partial charge in [0.1, 0.15) is 22.9 Å². The molecule has 2 aliphatic rings. The average molecular weight is 606 g/mol. The summed E-state index contributed by atoms with van der Waals surface area (Å²) in [6, 6.07) is 11.9. The van der Waals surface area contributed by atoms with Crippen molar-refractivity contribution >= 4 is 17.3 Å². The molecule has 3 aromatic heterocycles. The number of nitrogens with two attached hydrogens (primary N) is 1. The molecule has 0 unspecified atom stereocenters. The van der Waals surface area contributed by atoms with Crippen LogP contribution in [0, 0.1) is 5.82 Å². The number of alkyl halides is 1. The molecule has 0 spiro atoms. The Labute approximate surface area is 252 Å². The van der Waals surface area contributed by atoms with Gasteiger partial charge in [-0.15, -0.1) is 0 Å². The van der Waals surface area contributed by atoms with Gasteiger partial charge in [0.25, 0.3) is 5.91 Å². The number of nitrogens with one attached hydrogen (secondary N) is 1. The van der Waals surface area contributed by atoms with Crippen LogP contribution in [0.25, 0.3) is 16.8 Å². The Balaban J connectivity index is 1.38. The van der Waals surface area contributed by atoms with Crippen LogP contribution in [0.15, 0.2) is 48.5 Å². The molecule has 6 rings (SSSR count). The molecular weight excluding hydrogens is 572 g/mol. The molecule has 0 bridgehead atoms. The highest BCUT2D eigenvalue weighted by atomic mass is 19.1. The van der Waals surface area contributed by atoms with Crippen molar-refractivity contribution in [3.05, 3.63) is 76.9 Å². The smallest absolute Gasteiger partial charge is 0.251 e. The predicted octanol–water partition coefficient (Wildman–Crippen LogP) is 3.97. The molecule has 2 saturated carbocycles. The SMILES string of the molecule is CCOc1c(CC(N)=O)cc([C@@](O)(CNC(=O)c2cc(OC)n3nc(C4CC4)cc3c2)C2(F)CC2)nc1-c1ccc(F)cc1. The van der Waals surface area contributed by atoms with Gasteiger partial charge in [0.15, 0.2) is 5.60 Å². The second-order valence-corrected chi connectivity index (χ2v) is 11.4. The van der Waals surface area contributed by atoms with Crippen molar-refractivity contribution in [1.29, 1.82) is 0 Å². The number of ether oxygens (including phenoxy) is 2. The molecule has 0 saturated heterocycles. The van der Waals surface area contributed by atoms with E-state index in [1.807, 2.05) is 6.07 Å².